The largest absolute Gasteiger partial charge is 0.418 e. The zero-order valence-electron chi connectivity index (χ0n) is 14.4. The number of hydrogen-bond donors (Lipinski definition) is 2. The van der Waals surface area contributed by atoms with E-state index in [1.807, 2.05) is 13.8 Å². The van der Waals surface area contributed by atoms with Gasteiger partial charge in [0, 0.05) is 17.7 Å². The molecule has 0 aliphatic carbocycles. The van der Waals surface area contributed by atoms with Crippen LogP contribution in [0.5, 0.6) is 0 Å². The number of benzene rings is 2. The molecule has 0 radical (unpaired) electrons. The van der Waals surface area contributed by atoms with Gasteiger partial charge in [0.2, 0.25) is 0 Å². The Balaban J connectivity index is 2.19. The van der Waals surface area contributed by atoms with E-state index in [2.05, 4.69) is 10.6 Å². The molecule has 2 aromatic carbocycles. The standard InChI is InChI=1S/C19H19F3N2O2/c1-12(2)11-23-17(25)13-6-5-7-14(10-13)18(26)24-16-9-4-3-8-15(16)19(20,21)22/h3-10,12H,11H2,1-2H3,(H,23,25)(H,24,26). The summed E-state index contributed by atoms with van der Waals surface area (Å²) in [5.74, 6) is -0.798. The predicted molar refractivity (Wildman–Crippen MR) is 93.0 cm³/mol. The van der Waals surface area contributed by atoms with Gasteiger partial charge in [0.05, 0.1) is 11.3 Å². The van der Waals surface area contributed by atoms with Crippen molar-refractivity contribution in [3.8, 4) is 0 Å². The van der Waals surface area contributed by atoms with E-state index >= 15 is 0 Å². The van der Waals surface area contributed by atoms with Crippen LogP contribution in [-0.2, 0) is 6.18 Å². The minimum atomic E-state index is -4.58. The van der Waals surface area contributed by atoms with Crippen LogP contribution in [0.2, 0.25) is 0 Å². The Morgan fingerprint density at radius 1 is 0.962 bits per heavy atom. The highest BCUT2D eigenvalue weighted by Gasteiger charge is 2.33. The number of carbonyl (C=O) groups excluding carboxylic acids is 2. The maximum absolute atomic E-state index is 13.0. The van der Waals surface area contributed by atoms with Crippen LogP contribution in [0.15, 0.2) is 48.5 Å². The van der Waals surface area contributed by atoms with Crippen molar-refractivity contribution < 1.29 is 22.8 Å². The van der Waals surface area contributed by atoms with Gasteiger partial charge in [0.1, 0.15) is 0 Å². The molecule has 2 rings (SSSR count). The van der Waals surface area contributed by atoms with E-state index in [-0.39, 0.29) is 28.6 Å². The first-order chi connectivity index (χ1) is 12.2. The second-order valence-corrected chi connectivity index (χ2v) is 6.18. The van der Waals surface area contributed by atoms with Gasteiger partial charge in [0.25, 0.3) is 11.8 Å². The van der Waals surface area contributed by atoms with Gasteiger partial charge in [-0.2, -0.15) is 13.2 Å². The summed E-state index contributed by atoms with van der Waals surface area (Å²) in [6, 6.07) is 10.6. The van der Waals surface area contributed by atoms with Crippen LogP contribution in [0.3, 0.4) is 0 Å². The fourth-order valence-corrected chi connectivity index (χ4v) is 2.23. The quantitative estimate of drug-likeness (QED) is 0.829. The van der Waals surface area contributed by atoms with E-state index in [4.69, 9.17) is 0 Å². The van der Waals surface area contributed by atoms with Gasteiger partial charge in [-0.05, 0) is 36.2 Å². The molecule has 0 atom stereocenters. The second kappa shape index (κ2) is 8.03. The van der Waals surface area contributed by atoms with Crippen molar-refractivity contribution in [1.82, 2.24) is 5.32 Å². The molecule has 0 bridgehead atoms. The normalized spacial score (nSPS) is 11.3. The lowest BCUT2D eigenvalue weighted by molar-refractivity contribution is -0.136. The van der Waals surface area contributed by atoms with Gasteiger partial charge >= 0.3 is 6.18 Å². The van der Waals surface area contributed by atoms with E-state index in [1.165, 1.54) is 42.5 Å². The Bertz CT molecular complexity index is 801. The molecule has 4 nitrogen and oxygen atoms in total. The summed E-state index contributed by atoms with van der Waals surface area (Å²) >= 11 is 0. The number of anilines is 1. The Labute approximate surface area is 149 Å². The summed E-state index contributed by atoms with van der Waals surface area (Å²) in [6.07, 6.45) is -4.58. The number of hydrogen-bond acceptors (Lipinski definition) is 2. The van der Waals surface area contributed by atoms with Gasteiger partial charge in [-0.15, -0.1) is 0 Å². The first-order valence-corrected chi connectivity index (χ1v) is 8.04. The van der Waals surface area contributed by atoms with Gasteiger partial charge in [-0.1, -0.05) is 32.0 Å². The molecule has 2 aromatic rings. The van der Waals surface area contributed by atoms with Crippen molar-refractivity contribution in [2.75, 3.05) is 11.9 Å². The van der Waals surface area contributed by atoms with Crippen molar-refractivity contribution in [1.29, 1.82) is 0 Å². The van der Waals surface area contributed by atoms with E-state index in [9.17, 15) is 22.8 Å². The van der Waals surface area contributed by atoms with Gasteiger partial charge < -0.3 is 10.6 Å². The molecule has 7 heteroatoms. The maximum Gasteiger partial charge on any atom is 0.418 e. The van der Waals surface area contributed by atoms with Crippen LogP contribution in [-0.4, -0.2) is 18.4 Å². The number of carbonyl (C=O) groups is 2. The van der Waals surface area contributed by atoms with E-state index in [1.54, 1.807) is 0 Å². The predicted octanol–water partition coefficient (Wildman–Crippen LogP) is 4.34. The molecule has 2 amide bonds. The van der Waals surface area contributed by atoms with Crippen LogP contribution in [0.1, 0.15) is 40.1 Å². The average Bonchev–Trinajstić information content (AvgIpc) is 2.59. The fraction of sp³-hybridized carbons (Fsp3) is 0.263. The SMILES string of the molecule is CC(C)CNC(=O)c1cccc(C(=O)Nc2ccccc2C(F)(F)F)c1. The number of rotatable bonds is 5. The van der Waals surface area contributed by atoms with E-state index in [0.29, 0.717) is 6.54 Å². The summed E-state index contributed by atoms with van der Waals surface area (Å²) in [7, 11) is 0. The monoisotopic (exact) mass is 364 g/mol. The summed E-state index contributed by atoms with van der Waals surface area (Å²) in [5.41, 5.74) is -0.902. The van der Waals surface area contributed by atoms with Crippen molar-refractivity contribution in [2.45, 2.75) is 20.0 Å². The molecule has 0 aliphatic heterocycles. The second-order valence-electron chi connectivity index (χ2n) is 6.18. The van der Waals surface area contributed by atoms with Crippen molar-refractivity contribution >= 4 is 17.5 Å². The molecular weight excluding hydrogens is 345 g/mol. The van der Waals surface area contributed by atoms with Crippen molar-refractivity contribution in [3.63, 3.8) is 0 Å². The highest BCUT2D eigenvalue weighted by Crippen LogP contribution is 2.34. The number of alkyl halides is 3. The lowest BCUT2D eigenvalue weighted by atomic mass is 10.1. The highest BCUT2D eigenvalue weighted by molar-refractivity contribution is 6.06. The van der Waals surface area contributed by atoms with Crippen molar-refractivity contribution in [2.24, 2.45) is 5.92 Å². The smallest absolute Gasteiger partial charge is 0.352 e. The fourth-order valence-electron chi connectivity index (χ4n) is 2.23. The van der Waals surface area contributed by atoms with Crippen molar-refractivity contribution in [3.05, 3.63) is 65.2 Å². The molecule has 0 unspecified atom stereocenters. The van der Waals surface area contributed by atoms with E-state index < -0.39 is 17.6 Å². The van der Waals surface area contributed by atoms with Crippen LogP contribution in [0.4, 0.5) is 18.9 Å². The highest BCUT2D eigenvalue weighted by atomic mass is 19.4. The van der Waals surface area contributed by atoms with Gasteiger partial charge in [-0.25, -0.2) is 0 Å². The van der Waals surface area contributed by atoms with E-state index in [0.717, 1.165) is 6.07 Å². The molecule has 0 saturated heterocycles. The maximum atomic E-state index is 13.0. The van der Waals surface area contributed by atoms with Gasteiger partial charge in [-0.3, -0.25) is 9.59 Å². The van der Waals surface area contributed by atoms with Crippen LogP contribution >= 0.6 is 0 Å². The minimum absolute atomic E-state index is 0.0965. The Morgan fingerprint density at radius 2 is 1.58 bits per heavy atom. The zero-order valence-corrected chi connectivity index (χ0v) is 14.4. The molecule has 138 valence electrons. The molecule has 0 aromatic heterocycles. The zero-order chi connectivity index (χ0) is 19.3. The molecule has 0 heterocycles. The first kappa shape index (κ1) is 19.5. The number of amides is 2. The molecule has 0 aliphatic rings. The lowest BCUT2D eigenvalue weighted by Gasteiger charge is -2.14. The third kappa shape index (κ3) is 5.08. The van der Waals surface area contributed by atoms with Crippen LogP contribution < -0.4 is 10.6 Å². The lowest BCUT2D eigenvalue weighted by Crippen LogP contribution is -2.27. The third-order valence-electron chi connectivity index (χ3n) is 3.54. The third-order valence-corrected chi connectivity index (χ3v) is 3.54. The number of nitrogens with one attached hydrogen (secondary N) is 2. The molecule has 0 spiro atoms. The summed E-state index contributed by atoms with van der Waals surface area (Å²) < 4.78 is 39.1. The van der Waals surface area contributed by atoms with Gasteiger partial charge in [0.15, 0.2) is 0 Å². The Morgan fingerprint density at radius 3 is 2.19 bits per heavy atom. The number of para-hydroxylation sites is 1. The molecular formula is C19H19F3N2O2. The van der Waals surface area contributed by atoms with Crippen LogP contribution in [0, 0.1) is 5.92 Å². The summed E-state index contributed by atoms with van der Waals surface area (Å²) in [5, 5.41) is 4.98. The summed E-state index contributed by atoms with van der Waals surface area (Å²) in [6.45, 7) is 4.37. The molecule has 0 fully saturated rings. The molecule has 2 N–H and O–H groups in total. The Kier molecular flexibility index (Phi) is 6.02. The Hall–Kier alpha value is -2.83. The molecule has 26 heavy (non-hydrogen) atoms. The average molecular weight is 364 g/mol. The first-order valence-electron chi connectivity index (χ1n) is 8.04. The topological polar surface area (TPSA) is 58.2 Å². The summed E-state index contributed by atoms with van der Waals surface area (Å²) in [4.78, 5) is 24.4. The molecule has 0 saturated carbocycles. The minimum Gasteiger partial charge on any atom is -0.352 e. The van der Waals surface area contributed by atoms with Crippen LogP contribution in [0.25, 0.3) is 0 Å². The number of halogens is 3.